The number of benzene rings is 1. The zero-order valence-electron chi connectivity index (χ0n) is 20.8. The zero-order valence-corrected chi connectivity index (χ0v) is 21.6. The third-order valence-electron chi connectivity index (χ3n) is 6.30. The Morgan fingerprint density at radius 2 is 1.76 bits per heavy atom. The number of anilines is 2. The monoisotopic (exact) mass is 548 g/mol. The number of ether oxygens (including phenoxy) is 1. The van der Waals surface area contributed by atoms with Crippen LogP contribution in [0.25, 0.3) is 11.3 Å². The van der Waals surface area contributed by atoms with E-state index in [1.807, 2.05) is 0 Å². The van der Waals surface area contributed by atoms with Gasteiger partial charge in [-0.05, 0) is 49.6 Å². The number of pyridine rings is 2. The van der Waals surface area contributed by atoms with Crippen molar-refractivity contribution in [2.75, 3.05) is 23.4 Å². The van der Waals surface area contributed by atoms with E-state index in [-0.39, 0.29) is 46.5 Å². The number of nitrogens with zero attached hydrogens (tertiary/aromatic N) is 3. The Bertz CT molecular complexity index is 1420. The number of aromatic nitrogens is 2. The number of carbonyl (C=O) groups excluding carboxylic acids is 1. The van der Waals surface area contributed by atoms with Crippen molar-refractivity contribution >= 4 is 27.6 Å². The van der Waals surface area contributed by atoms with Crippen molar-refractivity contribution < 1.29 is 31.1 Å². The Labute approximate surface area is 218 Å². The lowest BCUT2D eigenvalue weighted by Gasteiger charge is -2.20. The molecule has 0 spiro atoms. The van der Waals surface area contributed by atoms with Crippen molar-refractivity contribution in [2.45, 2.75) is 43.8 Å². The molecule has 0 radical (unpaired) electrons. The fourth-order valence-electron chi connectivity index (χ4n) is 4.25. The number of carbonyl (C=O) groups is 1. The molecule has 1 aliphatic rings. The summed E-state index contributed by atoms with van der Waals surface area (Å²) in [4.78, 5) is 21.8. The Balaban J connectivity index is 1.55. The molecule has 2 heterocycles. The van der Waals surface area contributed by atoms with Gasteiger partial charge < -0.3 is 9.64 Å². The van der Waals surface area contributed by atoms with Crippen molar-refractivity contribution in [2.24, 2.45) is 5.92 Å². The van der Waals surface area contributed by atoms with E-state index in [1.54, 1.807) is 38.2 Å². The highest BCUT2D eigenvalue weighted by Crippen LogP contribution is 2.38. The van der Waals surface area contributed by atoms with Crippen molar-refractivity contribution in [3.63, 3.8) is 0 Å². The Hall–Kier alpha value is -3.67. The largest absolute Gasteiger partial charge is 0.444 e. The number of hydrogen-bond donors (Lipinski definition) is 1. The van der Waals surface area contributed by atoms with Gasteiger partial charge >= 0.3 is 12.1 Å². The first-order valence-electron chi connectivity index (χ1n) is 12.0. The van der Waals surface area contributed by atoms with Crippen LogP contribution in [0.15, 0.2) is 59.6 Å². The normalized spacial score (nSPS) is 14.3. The minimum Gasteiger partial charge on any atom is -0.444 e. The van der Waals surface area contributed by atoms with E-state index < -0.39 is 21.8 Å². The molecule has 0 saturated heterocycles. The van der Waals surface area contributed by atoms with Gasteiger partial charge in [-0.2, -0.15) is 21.6 Å². The first kappa shape index (κ1) is 27.4. The quantitative estimate of drug-likeness (QED) is 0.297. The summed E-state index contributed by atoms with van der Waals surface area (Å²) in [5.41, 5.74) is -0.587. The molecule has 0 amide bonds. The summed E-state index contributed by atoms with van der Waals surface area (Å²) in [7, 11) is -2.71. The van der Waals surface area contributed by atoms with Gasteiger partial charge in [0.05, 0.1) is 17.2 Å². The van der Waals surface area contributed by atoms with Gasteiger partial charge in [0.15, 0.2) is 11.8 Å². The molecule has 12 heteroatoms. The molecule has 0 atom stereocenters. The molecule has 202 valence electrons. The lowest BCUT2D eigenvalue weighted by Crippen LogP contribution is -2.27. The molecule has 1 aromatic carbocycles. The van der Waals surface area contributed by atoms with E-state index in [0.717, 1.165) is 37.8 Å². The molecule has 0 unspecified atom stereocenters. The van der Waals surface area contributed by atoms with Crippen molar-refractivity contribution in [3.8, 4) is 11.3 Å². The SMILES string of the molecule is Cc1ccccc1-c1nc(NS(=O)(=O)c2cccc(N(C)COC(=O)C3CCCC3)n2)ccc1C(F)(F)F. The van der Waals surface area contributed by atoms with Crippen LogP contribution in [-0.4, -0.2) is 38.1 Å². The second kappa shape index (κ2) is 11.0. The third-order valence-corrected chi connectivity index (χ3v) is 7.56. The third kappa shape index (κ3) is 6.24. The minimum atomic E-state index is -4.69. The Morgan fingerprint density at radius 1 is 1.05 bits per heavy atom. The second-order valence-electron chi connectivity index (χ2n) is 9.12. The Kier molecular flexibility index (Phi) is 7.91. The summed E-state index contributed by atoms with van der Waals surface area (Å²) in [6, 6.07) is 12.4. The predicted molar refractivity (Wildman–Crippen MR) is 136 cm³/mol. The molecule has 4 rings (SSSR count). The first-order chi connectivity index (χ1) is 18.0. The maximum atomic E-state index is 13.7. The van der Waals surface area contributed by atoms with Crippen molar-refractivity contribution in [1.82, 2.24) is 9.97 Å². The van der Waals surface area contributed by atoms with Gasteiger partial charge in [-0.1, -0.05) is 43.2 Å². The summed E-state index contributed by atoms with van der Waals surface area (Å²) in [6.45, 7) is 1.53. The number of alkyl halides is 3. The van der Waals surface area contributed by atoms with Crippen LogP contribution < -0.4 is 9.62 Å². The van der Waals surface area contributed by atoms with Crippen LogP contribution in [0.4, 0.5) is 24.8 Å². The summed E-state index contributed by atoms with van der Waals surface area (Å²) in [5, 5.41) is -0.372. The highest BCUT2D eigenvalue weighted by atomic mass is 32.2. The van der Waals surface area contributed by atoms with Crippen LogP contribution in [0.1, 0.15) is 36.8 Å². The van der Waals surface area contributed by atoms with Gasteiger partial charge in [0.25, 0.3) is 10.0 Å². The molecule has 3 aromatic rings. The molecule has 1 fully saturated rings. The van der Waals surface area contributed by atoms with Gasteiger partial charge in [-0.15, -0.1) is 0 Å². The number of esters is 1. The lowest BCUT2D eigenvalue weighted by atomic mass is 10.0. The molecule has 2 aromatic heterocycles. The van der Waals surface area contributed by atoms with Gasteiger partial charge in [0.2, 0.25) is 0 Å². The summed E-state index contributed by atoms with van der Waals surface area (Å²) in [5.74, 6) is -0.471. The maximum absolute atomic E-state index is 13.7. The lowest BCUT2D eigenvalue weighted by molar-refractivity contribution is -0.148. The van der Waals surface area contributed by atoms with Gasteiger partial charge in [0, 0.05) is 12.6 Å². The fraction of sp³-hybridized carbons (Fsp3) is 0.346. The highest BCUT2D eigenvalue weighted by Gasteiger charge is 2.35. The van der Waals surface area contributed by atoms with E-state index >= 15 is 0 Å². The van der Waals surface area contributed by atoms with Gasteiger partial charge in [-0.3, -0.25) is 9.52 Å². The molecular formula is C26H27F3N4O4S. The predicted octanol–water partition coefficient (Wildman–Crippen LogP) is 5.40. The van der Waals surface area contributed by atoms with E-state index in [9.17, 15) is 26.4 Å². The highest BCUT2D eigenvalue weighted by molar-refractivity contribution is 7.92. The minimum absolute atomic E-state index is 0.112. The number of hydrogen-bond acceptors (Lipinski definition) is 7. The molecule has 1 saturated carbocycles. The molecule has 0 aliphatic heterocycles. The van der Waals surface area contributed by atoms with Crippen LogP contribution in [-0.2, 0) is 25.7 Å². The fourth-order valence-corrected chi connectivity index (χ4v) is 5.22. The van der Waals surface area contributed by atoms with Gasteiger partial charge in [-0.25, -0.2) is 9.97 Å². The van der Waals surface area contributed by atoms with Crippen LogP contribution in [0.5, 0.6) is 0 Å². The van der Waals surface area contributed by atoms with Crippen LogP contribution in [0.3, 0.4) is 0 Å². The Morgan fingerprint density at radius 3 is 2.45 bits per heavy atom. The molecular weight excluding hydrogens is 521 g/mol. The van der Waals surface area contributed by atoms with E-state index in [1.165, 1.54) is 23.1 Å². The van der Waals surface area contributed by atoms with Crippen molar-refractivity contribution in [1.29, 1.82) is 0 Å². The zero-order chi connectivity index (χ0) is 27.5. The first-order valence-corrected chi connectivity index (χ1v) is 13.5. The van der Waals surface area contributed by atoms with Gasteiger partial charge in [0.1, 0.15) is 11.6 Å². The summed E-state index contributed by atoms with van der Waals surface area (Å²) < 4.78 is 74.8. The maximum Gasteiger partial charge on any atom is 0.418 e. The summed E-state index contributed by atoms with van der Waals surface area (Å²) in [6.07, 6.45) is -1.12. The van der Waals surface area contributed by atoms with Crippen LogP contribution in [0, 0.1) is 12.8 Å². The molecule has 8 nitrogen and oxygen atoms in total. The average Bonchev–Trinajstić information content (AvgIpc) is 3.42. The van der Waals surface area contributed by atoms with E-state index in [2.05, 4.69) is 14.7 Å². The smallest absolute Gasteiger partial charge is 0.418 e. The number of aryl methyl sites for hydroxylation is 1. The topological polar surface area (TPSA) is 101 Å². The van der Waals surface area contributed by atoms with Crippen molar-refractivity contribution in [3.05, 3.63) is 65.7 Å². The number of nitrogens with one attached hydrogen (secondary N) is 1. The standard InChI is InChI=1S/C26H27F3N4O4S/c1-17-8-3-6-11-19(17)24-20(26(27,28)29)14-15-21(30-24)32-38(35,36)23-13-7-12-22(31-23)33(2)16-37-25(34)18-9-4-5-10-18/h3,6-8,11-15,18H,4-5,9-10,16H2,1-2H3,(H,30,32). The average molecular weight is 549 g/mol. The number of rotatable bonds is 8. The van der Waals surface area contributed by atoms with Crippen LogP contribution in [0.2, 0.25) is 0 Å². The molecule has 1 aliphatic carbocycles. The molecule has 1 N–H and O–H groups in total. The molecule has 38 heavy (non-hydrogen) atoms. The van der Waals surface area contributed by atoms with Crippen LogP contribution >= 0.6 is 0 Å². The summed E-state index contributed by atoms with van der Waals surface area (Å²) >= 11 is 0. The molecule has 0 bridgehead atoms. The number of halogens is 3. The van der Waals surface area contributed by atoms with E-state index in [0.29, 0.717) is 5.56 Å². The van der Waals surface area contributed by atoms with E-state index in [4.69, 9.17) is 4.74 Å². The number of sulfonamides is 1. The second-order valence-corrected chi connectivity index (χ2v) is 10.7.